The topological polar surface area (TPSA) is 52.6 Å². The molecule has 1 aromatic carbocycles. The number of ether oxygens (including phenoxy) is 1. The Morgan fingerprint density at radius 3 is 2.12 bits per heavy atom. The maximum atomic E-state index is 11.9. The lowest BCUT2D eigenvalue weighted by molar-refractivity contribution is -0.0498. The van der Waals surface area contributed by atoms with E-state index >= 15 is 0 Å². The third kappa shape index (κ3) is 5.10. The second kappa shape index (κ2) is 5.42. The Hall–Kier alpha value is -1.21. The highest BCUT2D eigenvalue weighted by Gasteiger charge is 2.13. The molecular weight excluding hydrogens is 254 g/mol. The fraction of sp³-hybridized carbons (Fsp3) is 0.400. The van der Waals surface area contributed by atoms with Crippen LogP contribution in [0, 0.1) is 0 Å². The molecule has 0 heterocycles. The number of hydrogen-bond acceptors (Lipinski definition) is 4. The molecule has 0 radical (unpaired) electrons. The van der Waals surface area contributed by atoms with Crippen molar-refractivity contribution < 1.29 is 26.1 Å². The van der Waals surface area contributed by atoms with Crippen molar-refractivity contribution in [2.24, 2.45) is 0 Å². The zero-order valence-corrected chi connectivity index (χ0v) is 10.1. The Morgan fingerprint density at radius 1 is 1.18 bits per heavy atom. The summed E-state index contributed by atoms with van der Waals surface area (Å²) in [5, 5.41) is 0. The van der Waals surface area contributed by atoms with Crippen LogP contribution in [0.15, 0.2) is 24.3 Å². The molecule has 0 aliphatic heterocycles. The molecule has 0 amide bonds. The van der Waals surface area contributed by atoms with Crippen LogP contribution < -0.4 is 4.74 Å². The van der Waals surface area contributed by atoms with E-state index in [2.05, 4.69) is 4.74 Å². The number of hydrogen-bond donors (Lipinski definition) is 0. The lowest BCUT2D eigenvalue weighted by atomic mass is 10.1. The summed E-state index contributed by atoms with van der Waals surface area (Å²) < 4.78 is 54.4. The molecule has 1 unspecified atom stereocenters. The molecule has 0 fully saturated rings. The first-order valence-electron chi connectivity index (χ1n) is 4.71. The van der Waals surface area contributed by atoms with Crippen molar-refractivity contribution in [2.45, 2.75) is 19.6 Å². The minimum Gasteiger partial charge on any atom is -0.435 e. The number of rotatable bonds is 5. The normalized spacial score (nSPS) is 13.7. The number of benzene rings is 1. The van der Waals surface area contributed by atoms with Gasteiger partial charge in [0.2, 0.25) is 0 Å². The zero-order valence-electron chi connectivity index (χ0n) is 9.26. The van der Waals surface area contributed by atoms with Gasteiger partial charge < -0.3 is 4.74 Å². The molecule has 1 atom stereocenters. The van der Waals surface area contributed by atoms with Crippen LogP contribution in [0.2, 0.25) is 0 Å². The molecule has 4 nitrogen and oxygen atoms in total. The van der Waals surface area contributed by atoms with Gasteiger partial charge in [-0.05, 0) is 24.6 Å². The molecule has 7 heteroatoms. The SMILES string of the molecule is CC(OS(C)(=O)=O)c1ccc(OC(F)F)cc1. The van der Waals surface area contributed by atoms with Crippen molar-refractivity contribution >= 4 is 10.1 Å². The molecule has 0 aliphatic rings. The average Bonchev–Trinajstić information content (AvgIpc) is 2.15. The highest BCUT2D eigenvalue weighted by molar-refractivity contribution is 7.86. The monoisotopic (exact) mass is 266 g/mol. The van der Waals surface area contributed by atoms with E-state index < -0.39 is 22.8 Å². The predicted molar refractivity (Wildman–Crippen MR) is 57.4 cm³/mol. The standard InChI is InChI=1S/C10H12F2O4S/c1-7(16-17(2,13)14)8-3-5-9(6-4-8)15-10(11)12/h3-7,10H,1-2H3. The first kappa shape index (κ1) is 13.9. The fourth-order valence-electron chi connectivity index (χ4n) is 1.24. The van der Waals surface area contributed by atoms with E-state index in [1.54, 1.807) is 6.92 Å². The van der Waals surface area contributed by atoms with Gasteiger partial charge in [-0.1, -0.05) is 12.1 Å². The van der Waals surface area contributed by atoms with Crippen LogP contribution in [0.1, 0.15) is 18.6 Å². The van der Waals surface area contributed by atoms with E-state index in [0.717, 1.165) is 6.26 Å². The van der Waals surface area contributed by atoms with Crippen molar-refractivity contribution in [1.82, 2.24) is 0 Å². The molecule has 0 saturated carbocycles. The maximum absolute atomic E-state index is 11.9. The highest BCUT2D eigenvalue weighted by Crippen LogP contribution is 2.22. The summed E-state index contributed by atoms with van der Waals surface area (Å²) in [6.07, 6.45) is 0.267. The molecule has 17 heavy (non-hydrogen) atoms. The molecule has 1 aromatic rings. The summed E-state index contributed by atoms with van der Waals surface area (Å²) in [5.74, 6) is 0.00954. The van der Waals surface area contributed by atoms with E-state index in [0.29, 0.717) is 5.56 Å². The molecular formula is C10H12F2O4S. The van der Waals surface area contributed by atoms with Gasteiger partial charge in [-0.3, -0.25) is 4.18 Å². The van der Waals surface area contributed by atoms with Crippen LogP contribution in [0.5, 0.6) is 5.75 Å². The van der Waals surface area contributed by atoms with E-state index in [9.17, 15) is 17.2 Å². The molecule has 0 N–H and O–H groups in total. The van der Waals surface area contributed by atoms with Crippen LogP contribution in [0.25, 0.3) is 0 Å². The van der Waals surface area contributed by atoms with E-state index in [1.165, 1.54) is 24.3 Å². The Bertz CT molecular complexity index is 456. The third-order valence-corrected chi connectivity index (χ3v) is 2.53. The Balaban J connectivity index is 2.73. The molecule has 96 valence electrons. The van der Waals surface area contributed by atoms with Gasteiger partial charge in [0, 0.05) is 0 Å². The molecule has 0 aliphatic carbocycles. The first-order chi connectivity index (χ1) is 7.78. The van der Waals surface area contributed by atoms with Crippen LogP contribution in [-0.4, -0.2) is 21.3 Å². The quantitative estimate of drug-likeness (QED) is 0.767. The van der Waals surface area contributed by atoms with Crippen LogP contribution >= 0.6 is 0 Å². The fourth-order valence-corrected chi connectivity index (χ4v) is 1.87. The molecule has 0 saturated heterocycles. The van der Waals surface area contributed by atoms with Crippen molar-refractivity contribution in [3.63, 3.8) is 0 Å². The minimum absolute atomic E-state index is 0.00954. The zero-order chi connectivity index (χ0) is 13.1. The van der Waals surface area contributed by atoms with Crippen LogP contribution in [0.4, 0.5) is 8.78 Å². The van der Waals surface area contributed by atoms with Crippen molar-refractivity contribution in [2.75, 3.05) is 6.26 Å². The second-order valence-corrected chi connectivity index (χ2v) is 4.99. The Kier molecular flexibility index (Phi) is 4.41. The van der Waals surface area contributed by atoms with Crippen molar-refractivity contribution in [3.8, 4) is 5.75 Å². The van der Waals surface area contributed by atoms with Gasteiger partial charge in [0.25, 0.3) is 10.1 Å². The lowest BCUT2D eigenvalue weighted by Gasteiger charge is -2.12. The van der Waals surface area contributed by atoms with Gasteiger partial charge in [-0.15, -0.1) is 0 Å². The molecule has 0 spiro atoms. The highest BCUT2D eigenvalue weighted by atomic mass is 32.2. The van der Waals surface area contributed by atoms with E-state index in [1.807, 2.05) is 0 Å². The second-order valence-electron chi connectivity index (χ2n) is 3.39. The lowest BCUT2D eigenvalue weighted by Crippen LogP contribution is -2.07. The minimum atomic E-state index is -3.55. The summed E-state index contributed by atoms with van der Waals surface area (Å²) in [6, 6.07) is 5.58. The van der Waals surface area contributed by atoms with Gasteiger partial charge in [0.15, 0.2) is 0 Å². The van der Waals surface area contributed by atoms with Crippen LogP contribution in [-0.2, 0) is 14.3 Å². The van der Waals surface area contributed by atoms with E-state index in [4.69, 9.17) is 4.18 Å². The van der Waals surface area contributed by atoms with E-state index in [-0.39, 0.29) is 5.75 Å². The average molecular weight is 266 g/mol. The van der Waals surface area contributed by atoms with Crippen molar-refractivity contribution in [1.29, 1.82) is 0 Å². The van der Waals surface area contributed by atoms with Gasteiger partial charge in [0.05, 0.1) is 12.4 Å². The molecule has 0 aromatic heterocycles. The predicted octanol–water partition coefficient (Wildman–Crippen LogP) is 2.33. The smallest absolute Gasteiger partial charge is 0.387 e. The summed E-state index contributed by atoms with van der Waals surface area (Å²) >= 11 is 0. The van der Waals surface area contributed by atoms with Gasteiger partial charge in [-0.2, -0.15) is 17.2 Å². The molecule has 0 bridgehead atoms. The number of alkyl halides is 2. The summed E-state index contributed by atoms with van der Waals surface area (Å²) in [6.45, 7) is -1.34. The van der Waals surface area contributed by atoms with Crippen molar-refractivity contribution in [3.05, 3.63) is 29.8 Å². The molecule has 1 rings (SSSR count). The van der Waals surface area contributed by atoms with Gasteiger partial charge in [-0.25, -0.2) is 0 Å². The van der Waals surface area contributed by atoms with Crippen LogP contribution in [0.3, 0.4) is 0 Å². The third-order valence-electron chi connectivity index (χ3n) is 1.89. The summed E-state index contributed by atoms with van der Waals surface area (Å²) in [5.41, 5.74) is 0.553. The summed E-state index contributed by atoms with van der Waals surface area (Å²) in [7, 11) is -3.55. The Labute approximate surface area is 98.3 Å². The maximum Gasteiger partial charge on any atom is 0.387 e. The first-order valence-corrected chi connectivity index (χ1v) is 6.52. The van der Waals surface area contributed by atoms with Gasteiger partial charge >= 0.3 is 6.61 Å². The summed E-state index contributed by atoms with van der Waals surface area (Å²) in [4.78, 5) is 0. The largest absolute Gasteiger partial charge is 0.435 e. The van der Waals surface area contributed by atoms with Gasteiger partial charge in [0.1, 0.15) is 5.75 Å². The number of halogens is 2. The Morgan fingerprint density at radius 2 is 1.71 bits per heavy atom.